The van der Waals surface area contributed by atoms with Crippen LogP contribution in [0, 0.1) is 13.8 Å². The number of hydrogen-bond acceptors (Lipinski definition) is 5. The highest BCUT2D eigenvalue weighted by Crippen LogP contribution is 2.28. The summed E-state index contributed by atoms with van der Waals surface area (Å²) in [6.45, 7) is 3.70. The molecule has 0 aliphatic heterocycles. The highest BCUT2D eigenvalue weighted by Gasteiger charge is 2.19. The summed E-state index contributed by atoms with van der Waals surface area (Å²) >= 11 is 0. The normalized spacial score (nSPS) is 11.2. The van der Waals surface area contributed by atoms with Crippen molar-refractivity contribution >= 4 is 10.0 Å². The summed E-state index contributed by atoms with van der Waals surface area (Å²) in [4.78, 5) is 0.242. The summed E-state index contributed by atoms with van der Waals surface area (Å²) < 4.78 is 43.6. The summed E-state index contributed by atoms with van der Waals surface area (Å²) in [6.07, 6.45) is 0. The number of ether oxygens (including phenoxy) is 3. The molecule has 0 radical (unpaired) electrons. The van der Waals surface area contributed by atoms with Crippen molar-refractivity contribution in [2.24, 2.45) is 0 Å². The Morgan fingerprint density at radius 1 is 0.840 bits per heavy atom. The van der Waals surface area contributed by atoms with Gasteiger partial charge < -0.3 is 14.2 Å². The Balaban J connectivity index is 2.24. The van der Waals surface area contributed by atoms with Gasteiger partial charge in [-0.1, -0.05) is 6.07 Å². The van der Waals surface area contributed by atoms with E-state index in [2.05, 4.69) is 4.72 Å². The van der Waals surface area contributed by atoms with Crippen molar-refractivity contribution in [2.75, 3.05) is 21.3 Å². The fraction of sp³-hybridized carbons (Fsp3) is 0.333. The van der Waals surface area contributed by atoms with Crippen LogP contribution in [0.3, 0.4) is 0 Å². The summed E-state index contributed by atoms with van der Waals surface area (Å²) in [5.74, 6) is 1.81. The number of hydrogen-bond donors (Lipinski definition) is 1. The Kier molecular flexibility index (Phi) is 5.92. The Labute approximate surface area is 148 Å². The first-order chi connectivity index (χ1) is 11.8. The van der Waals surface area contributed by atoms with Gasteiger partial charge >= 0.3 is 0 Å². The highest BCUT2D eigenvalue weighted by molar-refractivity contribution is 7.89. The summed E-state index contributed by atoms with van der Waals surface area (Å²) in [5.41, 5.74) is 2.16. The van der Waals surface area contributed by atoms with Crippen LogP contribution in [0.15, 0.2) is 35.2 Å². The maximum atomic E-state index is 12.6. The SMILES string of the molecule is COc1cc(C)c(S(=O)(=O)NCc2ccc(OC)c(OC)c2)cc1C. The second-order valence-corrected chi connectivity index (χ2v) is 7.34. The number of sulfonamides is 1. The lowest BCUT2D eigenvalue weighted by molar-refractivity contribution is 0.354. The Bertz CT molecular complexity index is 862. The molecule has 0 aliphatic carbocycles. The van der Waals surface area contributed by atoms with Gasteiger partial charge in [0.1, 0.15) is 5.75 Å². The molecule has 0 unspecified atom stereocenters. The first kappa shape index (κ1) is 19.1. The van der Waals surface area contributed by atoms with E-state index < -0.39 is 10.0 Å². The standard InChI is InChI=1S/C18H23NO5S/c1-12-9-18(13(2)8-16(12)23-4)25(20,21)19-11-14-6-7-15(22-3)17(10-14)24-5/h6-10,19H,11H2,1-5H3. The second kappa shape index (κ2) is 7.76. The van der Waals surface area contributed by atoms with E-state index in [1.807, 2.05) is 6.92 Å². The van der Waals surface area contributed by atoms with E-state index in [-0.39, 0.29) is 11.4 Å². The van der Waals surface area contributed by atoms with Gasteiger partial charge in [-0.2, -0.15) is 0 Å². The zero-order valence-corrected chi connectivity index (χ0v) is 15.9. The maximum absolute atomic E-state index is 12.6. The van der Waals surface area contributed by atoms with Crippen LogP contribution in [0.5, 0.6) is 17.2 Å². The largest absolute Gasteiger partial charge is 0.496 e. The quantitative estimate of drug-likeness (QED) is 0.817. The van der Waals surface area contributed by atoms with Gasteiger partial charge in [0, 0.05) is 6.54 Å². The minimum Gasteiger partial charge on any atom is -0.496 e. The lowest BCUT2D eigenvalue weighted by atomic mass is 10.1. The van der Waals surface area contributed by atoms with Crippen LogP contribution in [-0.4, -0.2) is 29.7 Å². The molecule has 7 heteroatoms. The molecule has 2 aromatic rings. The van der Waals surface area contributed by atoms with Crippen molar-refractivity contribution < 1.29 is 22.6 Å². The molecule has 1 N–H and O–H groups in total. The van der Waals surface area contributed by atoms with Crippen LogP contribution in [0.2, 0.25) is 0 Å². The zero-order valence-electron chi connectivity index (χ0n) is 15.0. The van der Waals surface area contributed by atoms with Crippen molar-refractivity contribution in [1.82, 2.24) is 4.72 Å². The monoisotopic (exact) mass is 365 g/mol. The number of aryl methyl sites for hydroxylation is 2. The predicted octanol–water partition coefficient (Wildman–Crippen LogP) is 2.81. The molecule has 136 valence electrons. The molecule has 0 fully saturated rings. The molecule has 0 bridgehead atoms. The predicted molar refractivity (Wildman–Crippen MR) is 96.0 cm³/mol. The lowest BCUT2D eigenvalue weighted by Gasteiger charge is -2.14. The molecule has 0 saturated heterocycles. The minimum absolute atomic E-state index is 0.146. The number of benzene rings is 2. The van der Waals surface area contributed by atoms with Gasteiger partial charge in [0.2, 0.25) is 10.0 Å². The third-order valence-electron chi connectivity index (χ3n) is 3.90. The fourth-order valence-electron chi connectivity index (χ4n) is 2.52. The molecular formula is C18H23NO5S. The van der Waals surface area contributed by atoms with Crippen LogP contribution in [0.25, 0.3) is 0 Å². The minimum atomic E-state index is -3.65. The average molecular weight is 365 g/mol. The first-order valence-corrected chi connectivity index (χ1v) is 9.16. The van der Waals surface area contributed by atoms with Crippen molar-refractivity contribution in [3.05, 3.63) is 47.0 Å². The van der Waals surface area contributed by atoms with Gasteiger partial charge in [-0.3, -0.25) is 0 Å². The van der Waals surface area contributed by atoms with E-state index in [9.17, 15) is 8.42 Å². The molecule has 0 aliphatic rings. The van der Waals surface area contributed by atoms with Gasteiger partial charge in [-0.25, -0.2) is 13.1 Å². The molecule has 0 heterocycles. The van der Waals surface area contributed by atoms with E-state index in [0.29, 0.717) is 22.8 Å². The molecular weight excluding hydrogens is 342 g/mol. The lowest BCUT2D eigenvalue weighted by Crippen LogP contribution is -2.24. The zero-order chi connectivity index (χ0) is 18.6. The number of methoxy groups -OCH3 is 3. The third kappa shape index (κ3) is 4.24. The molecule has 0 saturated carbocycles. The third-order valence-corrected chi connectivity index (χ3v) is 5.44. The van der Waals surface area contributed by atoms with E-state index >= 15 is 0 Å². The van der Waals surface area contributed by atoms with Crippen LogP contribution < -0.4 is 18.9 Å². The Morgan fingerprint density at radius 3 is 2.08 bits per heavy atom. The summed E-state index contributed by atoms with van der Waals surface area (Å²) in [5, 5.41) is 0. The number of nitrogens with one attached hydrogen (secondary N) is 1. The average Bonchev–Trinajstić information content (AvgIpc) is 2.61. The van der Waals surface area contributed by atoms with Crippen molar-refractivity contribution in [1.29, 1.82) is 0 Å². The van der Waals surface area contributed by atoms with Crippen molar-refractivity contribution in [2.45, 2.75) is 25.3 Å². The van der Waals surface area contributed by atoms with Crippen LogP contribution >= 0.6 is 0 Å². The molecule has 0 spiro atoms. The summed E-state index contributed by atoms with van der Waals surface area (Å²) in [7, 11) is 0.999. The van der Waals surface area contributed by atoms with E-state index in [1.165, 1.54) is 7.11 Å². The Morgan fingerprint density at radius 2 is 1.48 bits per heavy atom. The maximum Gasteiger partial charge on any atom is 0.241 e. The van der Waals surface area contributed by atoms with Crippen LogP contribution in [0.1, 0.15) is 16.7 Å². The smallest absolute Gasteiger partial charge is 0.241 e. The van der Waals surface area contributed by atoms with Gasteiger partial charge in [-0.05, 0) is 54.8 Å². The van der Waals surface area contributed by atoms with E-state index in [0.717, 1.165) is 11.1 Å². The van der Waals surface area contributed by atoms with Crippen LogP contribution in [0.4, 0.5) is 0 Å². The highest BCUT2D eigenvalue weighted by atomic mass is 32.2. The van der Waals surface area contributed by atoms with Gasteiger partial charge in [0.25, 0.3) is 0 Å². The molecule has 0 aromatic heterocycles. The van der Waals surface area contributed by atoms with E-state index in [1.54, 1.807) is 51.5 Å². The number of rotatable bonds is 7. The molecule has 6 nitrogen and oxygen atoms in total. The first-order valence-electron chi connectivity index (χ1n) is 7.68. The molecule has 2 aromatic carbocycles. The molecule has 25 heavy (non-hydrogen) atoms. The van der Waals surface area contributed by atoms with Crippen molar-refractivity contribution in [3.63, 3.8) is 0 Å². The molecule has 0 amide bonds. The topological polar surface area (TPSA) is 73.9 Å². The van der Waals surface area contributed by atoms with Crippen molar-refractivity contribution in [3.8, 4) is 17.2 Å². The van der Waals surface area contributed by atoms with Gasteiger partial charge in [0.05, 0.1) is 26.2 Å². The second-order valence-electron chi connectivity index (χ2n) is 5.60. The van der Waals surface area contributed by atoms with Crippen LogP contribution in [-0.2, 0) is 16.6 Å². The van der Waals surface area contributed by atoms with Gasteiger partial charge in [-0.15, -0.1) is 0 Å². The van der Waals surface area contributed by atoms with E-state index in [4.69, 9.17) is 14.2 Å². The molecule has 2 rings (SSSR count). The summed E-state index contributed by atoms with van der Waals surface area (Å²) in [6, 6.07) is 8.61. The molecule has 0 atom stereocenters. The Hall–Kier alpha value is -2.25. The van der Waals surface area contributed by atoms with Gasteiger partial charge in [0.15, 0.2) is 11.5 Å². The fourth-order valence-corrected chi connectivity index (χ4v) is 3.85.